The Balaban J connectivity index is 1.42. The van der Waals surface area contributed by atoms with Crippen LogP contribution in [-0.2, 0) is 54.9 Å². The highest BCUT2D eigenvalue weighted by molar-refractivity contribution is 5.67. The van der Waals surface area contributed by atoms with Crippen molar-refractivity contribution < 1.29 is 33.6 Å². The first-order valence-corrected chi connectivity index (χ1v) is 14.6. The van der Waals surface area contributed by atoms with Crippen molar-refractivity contribution in [3.05, 3.63) is 144 Å². The van der Waals surface area contributed by atoms with Gasteiger partial charge in [0.1, 0.15) is 24.4 Å². The van der Waals surface area contributed by atoms with Crippen molar-refractivity contribution in [2.24, 2.45) is 0 Å². The molecular formula is C36H38O7. The number of aliphatic carboxylic acids is 1. The number of rotatable bonds is 15. The maximum absolute atomic E-state index is 12.0. The number of ether oxygens (including phenoxy) is 5. The molecule has 1 saturated heterocycles. The molecule has 0 aromatic heterocycles. The molecule has 1 N–H and O–H groups in total. The zero-order valence-corrected chi connectivity index (χ0v) is 24.1. The molecule has 0 amide bonds. The maximum atomic E-state index is 12.0. The van der Waals surface area contributed by atoms with Crippen LogP contribution < -0.4 is 0 Å². The lowest BCUT2D eigenvalue weighted by Crippen LogP contribution is -2.61. The van der Waals surface area contributed by atoms with Crippen LogP contribution in [0, 0.1) is 0 Å². The predicted octanol–water partition coefficient (Wildman–Crippen LogP) is 6.20. The number of carboxylic acid groups (broad SMARTS) is 1. The summed E-state index contributed by atoms with van der Waals surface area (Å²) in [5.41, 5.74) is 3.99. The smallest absolute Gasteiger partial charge is 0.306 e. The first kappa shape index (κ1) is 30.6. The summed E-state index contributed by atoms with van der Waals surface area (Å²) in [5, 5.41) is 9.85. The summed E-state index contributed by atoms with van der Waals surface area (Å²) in [7, 11) is 0. The van der Waals surface area contributed by atoms with Crippen molar-refractivity contribution in [2.75, 3.05) is 6.61 Å². The van der Waals surface area contributed by atoms with Gasteiger partial charge < -0.3 is 28.8 Å². The van der Waals surface area contributed by atoms with E-state index in [0.29, 0.717) is 19.8 Å². The number of hydrogen-bond acceptors (Lipinski definition) is 6. The second-order valence-corrected chi connectivity index (χ2v) is 10.6. The van der Waals surface area contributed by atoms with Gasteiger partial charge in [0.05, 0.1) is 45.6 Å². The van der Waals surface area contributed by atoms with Gasteiger partial charge in [-0.1, -0.05) is 121 Å². The molecule has 1 aliphatic rings. The van der Waals surface area contributed by atoms with E-state index >= 15 is 0 Å². The van der Waals surface area contributed by atoms with Crippen LogP contribution in [0.2, 0.25) is 0 Å². The van der Waals surface area contributed by atoms with Gasteiger partial charge in [0.25, 0.3) is 0 Å². The van der Waals surface area contributed by atoms with E-state index in [-0.39, 0.29) is 19.6 Å². The van der Waals surface area contributed by atoms with E-state index in [4.69, 9.17) is 23.7 Å². The first-order chi connectivity index (χ1) is 21.2. The molecule has 0 unspecified atom stereocenters. The Labute approximate surface area is 252 Å². The number of carboxylic acids is 1. The molecule has 4 aromatic rings. The van der Waals surface area contributed by atoms with Crippen LogP contribution in [0.3, 0.4) is 0 Å². The quantitative estimate of drug-likeness (QED) is 0.179. The summed E-state index contributed by atoms with van der Waals surface area (Å²) in [6.07, 6.45) is -3.53. The van der Waals surface area contributed by atoms with Gasteiger partial charge in [0, 0.05) is 0 Å². The zero-order chi connectivity index (χ0) is 29.7. The van der Waals surface area contributed by atoms with E-state index in [1.807, 2.05) is 121 Å². The van der Waals surface area contributed by atoms with Crippen molar-refractivity contribution in [3.63, 3.8) is 0 Å². The highest BCUT2D eigenvalue weighted by Gasteiger charge is 2.49. The topological polar surface area (TPSA) is 83.5 Å². The molecule has 43 heavy (non-hydrogen) atoms. The first-order valence-electron chi connectivity index (χ1n) is 14.6. The van der Waals surface area contributed by atoms with Gasteiger partial charge in [-0.05, 0) is 22.3 Å². The van der Waals surface area contributed by atoms with Gasteiger partial charge in [-0.2, -0.15) is 0 Å². The molecular weight excluding hydrogens is 544 g/mol. The zero-order valence-electron chi connectivity index (χ0n) is 24.1. The highest BCUT2D eigenvalue weighted by Crippen LogP contribution is 2.32. The molecule has 0 saturated carbocycles. The summed E-state index contributed by atoms with van der Waals surface area (Å²) in [6, 6.07) is 39.4. The SMILES string of the molecule is O=C(O)C[C@@H]1O[C@H](COCc2ccccc2)[C@@H](OCc2ccccc2)[C@H](OCc2ccccc2)[C@H]1OCc1ccccc1. The molecule has 0 radical (unpaired) electrons. The van der Waals surface area contributed by atoms with Gasteiger partial charge in [0.15, 0.2) is 0 Å². The maximum Gasteiger partial charge on any atom is 0.306 e. The van der Waals surface area contributed by atoms with Gasteiger partial charge in [0.2, 0.25) is 0 Å². The van der Waals surface area contributed by atoms with Gasteiger partial charge in [-0.15, -0.1) is 0 Å². The van der Waals surface area contributed by atoms with Crippen molar-refractivity contribution in [2.45, 2.75) is 63.4 Å². The molecule has 0 aliphatic carbocycles. The third-order valence-electron chi connectivity index (χ3n) is 7.36. The lowest BCUT2D eigenvalue weighted by Gasteiger charge is -2.46. The van der Waals surface area contributed by atoms with E-state index in [9.17, 15) is 9.90 Å². The Morgan fingerprint density at radius 3 is 1.33 bits per heavy atom. The fourth-order valence-electron chi connectivity index (χ4n) is 5.22. The van der Waals surface area contributed by atoms with Crippen molar-refractivity contribution >= 4 is 5.97 Å². The largest absolute Gasteiger partial charge is 0.481 e. The Kier molecular flexibility index (Phi) is 11.5. The lowest BCUT2D eigenvalue weighted by molar-refractivity contribution is -0.273. The molecule has 1 fully saturated rings. The molecule has 1 heterocycles. The van der Waals surface area contributed by atoms with Gasteiger partial charge in [-0.25, -0.2) is 0 Å². The monoisotopic (exact) mass is 582 g/mol. The van der Waals surface area contributed by atoms with Crippen LogP contribution in [0.25, 0.3) is 0 Å². The second kappa shape index (κ2) is 16.1. The summed E-state index contributed by atoms with van der Waals surface area (Å²) in [5.74, 6) is -0.979. The minimum atomic E-state index is -0.979. The Morgan fingerprint density at radius 2 is 0.907 bits per heavy atom. The minimum absolute atomic E-state index is 0.196. The molecule has 224 valence electrons. The molecule has 5 atom stereocenters. The van der Waals surface area contributed by atoms with Crippen molar-refractivity contribution in [3.8, 4) is 0 Å². The van der Waals surface area contributed by atoms with Crippen molar-refractivity contribution in [1.29, 1.82) is 0 Å². The lowest BCUT2D eigenvalue weighted by atomic mass is 9.92. The van der Waals surface area contributed by atoms with Crippen LogP contribution >= 0.6 is 0 Å². The average molecular weight is 583 g/mol. The number of carbonyl (C=O) groups is 1. The third kappa shape index (κ3) is 9.32. The van der Waals surface area contributed by atoms with E-state index in [2.05, 4.69) is 0 Å². The third-order valence-corrected chi connectivity index (χ3v) is 7.36. The van der Waals surface area contributed by atoms with E-state index in [1.54, 1.807) is 0 Å². The fraction of sp³-hybridized carbons (Fsp3) is 0.306. The minimum Gasteiger partial charge on any atom is -0.481 e. The van der Waals surface area contributed by atoms with Crippen LogP contribution in [0.15, 0.2) is 121 Å². The standard InChI is InChI=1S/C36H38O7/c37-33(38)21-31-34(40-23-28-15-7-2-8-16-28)36(42-25-30-19-11-4-12-20-30)35(41-24-29-17-9-3-10-18-29)32(43-31)26-39-22-27-13-5-1-6-14-27/h1-20,31-32,34-36H,21-26H2,(H,37,38)/t31-,32+,34-,35+,36+/m0/s1. The van der Waals surface area contributed by atoms with Gasteiger partial charge >= 0.3 is 5.97 Å². The average Bonchev–Trinajstić information content (AvgIpc) is 3.04. The van der Waals surface area contributed by atoms with Crippen molar-refractivity contribution in [1.82, 2.24) is 0 Å². The van der Waals surface area contributed by atoms with Crippen LogP contribution in [-0.4, -0.2) is 48.2 Å². The number of hydrogen-bond donors (Lipinski definition) is 1. The van der Waals surface area contributed by atoms with Crippen LogP contribution in [0.5, 0.6) is 0 Å². The Morgan fingerprint density at radius 1 is 0.535 bits per heavy atom. The second-order valence-electron chi connectivity index (χ2n) is 10.6. The molecule has 7 nitrogen and oxygen atoms in total. The fourth-order valence-corrected chi connectivity index (χ4v) is 5.22. The summed E-state index contributed by atoms with van der Waals surface area (Å²) in [4.78, 5) is 12.0. The Bertz CT molecular complexity index is 1350. The molecule has 4 aromatic carbocycles. The molecule has 0 spiro atoms. The predicted molar refractivity (Wildman–Crippen MR) is 162 cm³/mol. The van der Waals surface area contributed by atoms with Crippen LogP contribution in [0.4, 0.5) is 0 Å². The summed E-state index contributed by atoms with van der Waals surface area (Å²) >= 11 is 0. The summed E-state index contributed by atoms with van der Waals surface area (Å²) in [6.45, 7) is 1.49. The highest BCUT2D eigenvalue weighted by atomic mass is 16.6. The van der Waals surface area contributed by atoms with E-state index in [0.717, 1.165) is 22.3 Å². The Hall–Kier alpha value is -3.85. The molecule has 1 aliphatic heterocycles. The van der Waals surface area contributed by atoms with Gasteiger partial charge in [-0.3, -0.25) is 4.79 Å². The van der Waals surface area contributed by atoms with E-state index < -0.39 is 36.5 Å². The molecule has 7 heteroatoms. The van der Waals surface area contributed by atoms with E-state index in [1.165, 1.54) is 0 Å². The molecule has 5 rings (SSSR count). The summed E-state index contributed by atoms with van der Waals surface area (Å²) < 4.78 is 32.2. The molecule has 0 bridgehead atoms. The number of benzene rings is 4. The normalized spacial score (nSPS) is 21.8. The van der Waals surface area contributed by atoms with Crippen LogP contribution in [0.1, 0.15) is 28.7 Å².